The molecule has 1 fully saturated rings. The van der Waals surface area contributed by atoms with Crippen molar-refractivity contribution < 1.29 is 18.7 Å². The van der Waals surface area contributed by atoms with Crippen molar-refractivity contribution in [3.63, 3.8) is 0 Å². The maximum absolute atomic E-state index is 14.2. The van der Waals surface area contributed by atoms with Gasteiger partial charge in [0.1, 0.15) is 11.8 Å². The molecule has 0 aromatic heterocycles. The minimum atomic E-state index is -1.19. The Balaban J connectivity index is 1.76. The zero-order chi connectivity index (χ0) is 21.2. The van der Waals surface area contributed by atoms with Crippen molar-refractivity contribution in [2.24, 2.45) is 17.3 Å². The minimum Gasteiger partial charge on any atom is -0.454 e. The molecule has 7 heteroatoms. The fraction of sp³-hybridized carbons (Fsp3) is 0.364. The maximum atomic E-state index is 14.2. The largest absolute Gasteiger partial charge is 0.454 e. The number of halogens is 3. The molecule has 1 aliphatic carbocycles. The van der Waals surface area contributed by atoms with Gasteiger partial charge in [0, 0.05) is 11.4 Å². The van der Waals surface area contributed by atoms with Crippen molar-refractivity contribution in [3.05, 3.63) is 59.9 Å². The zero-order valence-electron chi connectivity index (χ0n) is 15.9. The van der Waals surface area contributed by atoms with E-state index < -0.39 is 23.8 Å². The number of rotatable bonds is 7. The number of carbonyl (C=O) groups excluding carboxylic acids is 1. The van der Waals surface area contributed by atoms with E-state index in [0.717, 1.165) is 0 Å². The highest BCUT2D eigenvalue weighted by Crippen LogP contribution is 2.62. The summed E-state index contributed by atoms with van der Waals surface area (Å²) in [5.74, 6) is -1.06. The van der Waals surface area contributed by atoms with Crippen LogP contribution in [-0.2, 0) is 9.53 Å². The first-order valence-electron chi connectivity index (χ1n) is 9.12. The summed E-state index contributed by atoms with van der Waals surface area (Å²) in [6.07, 6.45) is -1.19. The van der Waals surface area contributed by atoms with Crippen molar-refractivity contribution in [3.8, 4) is 17.6 Å². The molecule has 0 aliphatic heterocycles. The second-order valence-corrected chi connectivity index (χ2v) is 8.42. The van der Waals surface area contributed by atoms with Crippen LogP contribution in [0, 0.1) is 34.4 Å². The van der Waals surface area contributed by atoms with Crippen molar-refractivity contribution in [1.82, 2.24) is 0 Å². The van der Waals surface area contributed by atoms with Gasteiger partial charge in [-0.05, 0) is 35.6 Å². The number of carbonyl (C=O) groups is 1. The summed E-state index contributed by atoms with van der Waals surface area (Å²) >= 11 is 12.1. The number of nitrogens with zero attached hydrogens (tertiary/aromatic N) is 1. The molecule has 0 N–H and O–H groups in total. The van der Waals surface area contributed by atoms with E-state index in [0.29, 0.717) is 11.3 Å². The molecule has 2 aromatic carbocycles. The highest BCUT2D eigenvalue weighted by Gasteiger charge is 2.65. The lowest BCUT2D eigenvalue weighted by atomic mass is 10.1. The predicted molar refractivity (Wildman–Crippen MR) is 108 cm³/mol. The van der Waals surface area contributed by atoms with E-state index >= 15 is 0 Å². The van der Waals surface area contributed by atoms with Gasteiger partial charge in [-0.1, -0.05) is 38.1 Å². The molecule has 2 aromatic rings. The number of hydrogen-bond donors (Lipinski definition) is 0. The molecular formula is C22H20Cl2FNO3. The molecule has 1 aliphatic rings. The third-order valence-electron chi connectivity index (χ3n) is 5.28. The lowest BCUT2D eigenvalue weighted by molar-refractivity contribution is -0.149. The summed E-state index contributed by atoms with van der Waals surface area (Å²) in [6.45, 7) is 3.83. The first-order valence-corrected chi connectivity index (χ1v) is 10.1. The average Bonchev–Trinajstić information content (AvgIpc) is 3.30. The Labute approximate surface area is 179 Å². The molecule has 0 saturated heterocycles. The summed E-state index contributed by atoms with van der Waals surface area (Å²) < 4.78 is 25.1. The summed E-state index contributed by atoms with van der Waals surface area (Å²) in [6, 6.07) is 14.6. The summed E-state index contributed by atoms with van der Waals surface area (Å²) in [7, 11) is 0. The van der Waals surface area contributed by atoms with Gasteiger partial charge >= 0.3 is 5.97 Å². The highest BCUT2D eigenvalue weighted by atomic mass is 35.5. The molecule has 4 atom stereocenters. The molecule has 3 rings (SSSR count). The molecule has 0 radical (unpaired) electrons. The summed E-state index contributed by atoms with van der Waals surface area (Å²) in [4.78, 5) is 12.7. The van der Waals surface area contributed by atoms with Crippen LogP contribution in [-0.4, -0.2) is 17.2 Å². The Bertz CT molecular complexity index is 929. The first kappa shape index (κ1) is 21.4. The third kappa shape index (κ3) is 4.49. The fourth-order valence-electron chi connectivity index (χ4n) is 3.63. The Hall–Kier alpha value is -2.29. The predicted octanol–water partition coefficient (Wildman–Crippen LogP) is 5.84. The van der Waals surface area contributed by atoms with Gasteiger partial charge in [-0.25, -0.2) is 4.39 Å². The van der Waals surface area contributed by atoms with Gasteiger partial charge in [0.05, 0.1) is 11.3 Å². The SMILES string of the molecule is CC1(C)C(C(=O)OC(C#N)c2ccc(F)c(Oc3ccccc3)c2)C1C(Cl)CCl. The molecule has 0 amide bonds. The summed E-state index contributed by atoms with van der Waals surface area (Å²) in [5.41, 5.74) is -0.0362. The Morgan fingerprint density at radius 2 is 1.97 bits per heavy atom. The van der Waals surface area contributed by atoms with E-state index in [1.165, 1.54) is 18.2 Å². The van der Waals surface area contributed by atoms with Crippen molar-refractivity contribution >= 4 is 29.2 Å². The number of esters is 1. The van der Waals surface area contributed by atoms with Crippen molar-refractivity contribution in [2.75, 3.05) is 5.88 Å². The van der Waals surface area contributed by atoms with Crippen LogP contribution in [0.1, 0.15) is 25.5 Å². The van der Waals surface area contributed by atoms with E-state index in [1.807, 2.05) is 26.0 Å². The van der Waals surface area contributed by atoms with Crippen molar-refractivity contribution in [1.29, 1.82) is 5.26 Å². The van der Waals surface area contributed by atoms with Gasteiger partial charge in [-0.2, -0.15) is 5.26 Å². The minimum absolute atomic E-state index is 0.0578. The smallest absolute Gasteiger partial charge is 0.311 e. The zero-order valence-corrected chi connectivity index (χ0v) is 17.5. The van der Waals surface area contributed by atoms with Crippen LogP contribution in [0.25, 0.3) is 0 Å². The number of nitriles is 1. The van der Waals surface area contributed by atoms with Crippen LogP contribution in [0.2, 0.25) is 0 Å². The van der Waals surface area contributed by atoms with Crippen molar-refractivity contribution in [2.45, 2.75) is 25.3 Å². The third-order valence-corrected chi connectivity index (χ3v) is 6.20. The molecule has 152 valence electrons. The monoisotopic (exact) mass is 435 g/mol. The highest BCUT2D eigenvalue weighted by molar-refractivity contribution is 6.28. The molecule has 0 spiro atoms. The van der Waals surface area contributed by atoms with Crippen LogP contribution in [0.3, 0.4) is 0 Å². The normalized spacial score (nSPS) is 21.5. The van der Waals surface area contributed by atoms with Crippen LogP contribution in [0.15, 0.2) is 48.5 Å². The maximum Gasteiger partial charge on any atom is 0.311 e. The van der Waals surface area contributed by atoms with Gasteiger partial charge in [0.25, 0.3) is 0 Å². The second-order valence-electron chi connectivity index (χ2n) is 7.55. The fourth-order valence-corrected chi connectivity index (χ4v) is 4.30. The lowest BCUT2D eigenvalue weighted by Gasteiger charge is -2.14. The van der Waals surface area contributed by atoms with Crippen LogP contribution in [0.5, 0.6) is 11.5 Å². The molecular weight excluding hydrogens is 416 g/mol. The van der Waals surface area contributed by atoms with Gasteiger partial charge < -0.3 is 9.47 Å². The topological polar surface area (TPSA) is 59.3 Å². The second kappa shape index (κ2) is 8.61. The number of ether oxygens (including phenoxy) is 2. The van der Waals surface area contributed by atoms with E-state index in [9.17, 15) is 14.4 Å². The van der Waals surface area contributed by atoms with E-state index in [2.05, 4.69) is 0 Å². The Morgan fingerprint density at radius 1 is 1.28 bits per heavy atom. The average molecular weight is 436 g/mol. The number of para-hydroxylation sites is 1. The molecule has 1 saturated carbocycles. The van der Waals surface area contributed by atoms with Crippen LogP contribution < -0.4 is 4.74 Å². The summed E-state index contributed by atoms with van der Waals surface area (Å²) in [5, 5.41) is 9.16. The van der Waals surface area contributed by atoms with Gasteiger partial charge in [0.15, 0.2) is 11.6 Å². The molecule has 4 nitrogen and oxygen atoms in total. The molecule has 0 heterocycles. The number of hydrogen-bond acceptors (Lipinski definition) is 4. The molecule has 4 unspecified atom stereocenters. The quantitative estimate of drug-likeness (QED) is 0.404. The van der Waals surface area contributed by atoms with Gasteiger partial charge in [0.2, 0.25) is 6.10 Å². The Morgan fingerprint density at radius 3 is 2.59 bits per heavy atom. The lowest BCUT2D eigenvalue weighted by Crippen LogP contribution is -2.16. The molecule has 0 bridgehead atoms. The first-order chi connectivity index (χ1) is 13.8. The van der Waals surface area contributed by atoms with E-state index in [-0.39, 0.29) is 28.3 Å². The standard InChI is InChI=1S/C22H20Cl2FNO3/c1-22(2)19(15(24)11-23)20(22)21(27)29-18(12-26)13-8-9-16(25)17(10-13)28-14-6-4-3-5-7-14/h3-10,15,18-20H,11H2,1-2H3. The Kier molecular flexibility index (Phi) is 6.36. The van der Waals surface area contributed by atoms with E-state index in [1.54, 1.807) is 24.3 Å². The van der Waals surface area contributed by atoms with Crippen LogP contribution >= 0.6 is 23.2 Å². The number of benzene rings is 2. The van der Waals surface area contributed by atoms with Crippen LogP contribution in [0.4, 0.5) is 4.39 Å². The molecule has 29 heavy (non-hydrogen) atoms. The van der Waals surface area contributed by atoms with Gasteiger partial charge in [-0.15, -0.1) is 23.2 Å². The van der Waals surface area contributed by atoms with Gasteiger partial charge in [-0.3, -0.25) is 4.79 Å². The van der Waals surface area contributed by atoms with E-state index in [4.69, 9.17) is 32.7 Å². The number of alkyl halides is 2.